The van der Waals surface area contributed by atoms with Gasteiger partial charge in [-0.3, -0.25) is 4.79 Å². The molecular formula is C17H32N2O. The molecule has 0 saturated carbocycles. The van der Waals surface area contributed by atoms with Gasteiger partial charge in [-0.25, -0.2) is 0 Å². The highest BCUT2D eigenvalue weighted by Crippen LogP contribution is 2.31. The number of hydrogen-bond donors (Lipinski definition) is 0. The first kappa shape index (κ1) is 15.8. The first-order chi connectivity index (χ1) is 9.37. The molecule has 2 aliphatic rings. The largest absolute Gasteiger partial charge is 0.343 e. The van der Waals surface area contributed by atoms with E-state index in [9.17, 15) is 4.79 Å². The summed E-state index contributed by atoms with van der Waals surface area (Å²) < 4.78 is 0. The highest BCUT2D eigenvalue weighted by Gasteiger charge is 2.29. The summed E-state index contributed by atoms with van der Waals surface area (Å²) in [6.07, 6.45) is 5.49. The molecule has 2 fully saturated rings. The molecule has 3 heteroatoms. The molecule has 0 aliphatic carbocycles. The topological polar surface area (TPSA) is 23.6 Å². The van der Waals surface area contributed by atoms with Crippen molar-refractivity contribution in [3.63, 3.8) is 0 Å². The first-order valence-electron chi connectivity index (χ1n) is 8.39. The van der Waals surface area contributed by atoms with Crippen LogP contribution in [0.2, 0.25) is 0 Å². The van der Waals surface area contributed by atoms with Crippen LogP contribution in [0.3, 0.4) is 0 Å². The van der Waals surface area contributed by atoms with Crippen LogP contribution in [0.15, 0.2) is 0 Å². The fourth-order valence-corrected chi connectivity index (χ4v) is 3.41. The van der Waals surface area contributed by atoms with E-state index < -0.39 is 0 Å². The summed E-state index contributed by atoms with van der Waals surface area (Å²) in [7, 11) is 0. The Morgan fingerprint density at radius 3 is 2.15 bits per heavy atom. The second-order valence-electron chi connectivity index (χ2n) is 7.82. The van der Waals surface area contributed by atoms with E-state index in [0.29, 0.717) is 23.3 Å². The van der Waals surface area contributed by atoms with Gasteiger partial charge < -0.3 is 9.80 Å². The van der Waals surface area contributed by atoms with Crippen LogP contribution in [0.1, 0.15) is 59.8 Å². The number of rotatable bonds is 3. The van der Waals surface area contributed by atoms with Gasteiger partial charge in [0.15, 0.2) is 0 Å². The van der Waals surface area contributed by atoms with Crippen molar-refractivity contribution in [1.82, 2.24) is 9.80 Å². The predicted molar refractivity (Wildman–Crippen MR) is 83.6 cm³/mol. The molecule has 0 unspecified atom stereocenters. The van der Waals surface area contributed by atoms with Crippen molar-refractivity contribution < 1.29 is 4.79 Å². The third kappa shape index (κ3) is 4.21. The molecule has 0 bridgehead atoms. The maximum absolute atomic E-state index is 12.4. The average molecular weight is 280 g/mol. The van der Waals surface area contributed by atoms with Crippen molar-refractivity contribution >= 4 is 5.91 Å². The van der Waals surface area contributed by atoms with Crippen molar-refractivity contribution in [3.05, 3.63) is 0 Å². The Balaban J connectivity index is 1.73. The number of carbonyl (C=O) groups is 1. The maximum atomic E-state index is 12.4. The predicted octanol–water partition coefficient (Wildman–Crippen LogP) is 3.15. The van der Waals surface area contributed by atoms with Gasteiger partial charge in [-0.15, -0.1) is 0 Å². The Morgan fingerprint density at radius 2 is 1.65 bits per heavy atom. The molecule has 0 spiro atoms. The molecule has 2 rings (SSSR count). The van der Waals surface area contributed by atoms with Gasteiger partial charge in [-0.1, -0.05) is 13.8 Å². The number of likely N-dealkylation sites (tertiary alicyclic amines) is 2. The van der Waals surface area contributed by atoms with E-state index in [1.165, 1.54) is 25.9 Å². The first-order valence-corrected chi connectivity index (χ1v) is 8.39. The number of piperidine rings is 2. The Hall–Kier alpha value is -0.570. The van der Waals surface area contributed by atoms with E-state index in [1.807, 2.05) is 0 Å². The molecule has 0 radical (unpaired) electrons. The lowest BCUT2D eigenvalue weighted by atomic mass is 9.82. The summed E-state index contributed by atoms with van der Waals surface area (Å²) >= 11 is 0. The normalized spacial score (nSPS) is 25.1. The summed E-state index contributed by atoms with van der Waals surface area (Å²) in [4.78, 5) is 17.0. The smallest absolute Gasteiger partial charge is 0.222 e. The van der Waals surface area contributed by atoms with E-state index in [1.54, 1.807) is 0 Å². The van der Waals surface area contributed by atoms with E-state index in [2.05, 4.69) is 37.5 Å². The van der Waals surface area contributed by atoms with Crippen molar-refractivity contribution in [2.45, 2.75) is 65.8 Å². The van der Waals surface area contributed by atoms with Crippen molar-refractivity contribution in [2.75, 3.05) is 26.2 Å². The summed E-state index contributed by atoms with van der Waals surface area (Å²) in [5.41, 5.74) is 0.430. The summed E-state index contributed by atoms with van der Waals surface area (Å²) in [6, 6.07) is 0.649. The van der Waals surface area contributed by atoms with Gasteiger partial charge in [0.2, 0.25) is 5.91 Å². The van der Waals surface area contributed by atoms with Gasteiger partial charge in [0.1, 0.15) is 0 Å². The summed E-state index contributed by atoms with van der Waals surface area (Å²) in [6.45, 7) is 13.4. The molecule has 0 atom stereocenters. The molecule has 0 aromatic heterocycles. The van der Waals surface area contributed by atoms with Crippen molar-refractivity contribution in [2.24, 2.45) is 11.3 Å². The Morgan fingerprint density at radius 1 is 1.10 bits per heavy atom. The third-order valence-electron chi connectivity index (χ3n) is 5.31. The molecule has 116 valence electrons. The monoisotopic (exact) mass is 280 g/mol. The van der Waals surface area contributed by atoms with E-state index >= 15 is 0 Å². The Bertz CT molecular complexity index is 320. The molecule has 2 heterocycles. The average Bonchev–Trinajstić information content (AvgIpc) is 2.39. The van der Waals surface area contributed by atoms with Gasteiger partial charge in [0.25, 0.3) is 0 Å². The number of amides is 1. The minimum Gasteiger partial charge on any atom is -0.343 e. The van der Waals surface area contributed by atoms with Crippen LogP contribution in [-0.2, 0) is 4.79 Å². The molecule has 1 amide bonds. The molecular weight excluding hydrogens is 248 g/mol. The number of nitrogens with zero attached hydrogens (tertiary/aromatic N) is 2. The van der Waals surface area contributed by atoms with Crippen LogP contribution in [0, 0.1) is 11.3 Å². The molecule has 20 heavy (non-hydrogen) atoms. The fourth-order valence-electron chi connectivity index (χ4n) is 3.41. The minimum absolute atomic E-state index is 0.406. The quantitative estimate of drug-likeness (QED) is 0.793. The standard InChI is InChI=1S/C17H32N2O/c1-14(2)18-9-5-15(6-10-18)13-16(20)19-11-7-17(3,4)8-12-19/h14-15H,5-13H2,1-4H3. The van der Waals surface area contributed by atoms with Gasteiger partial charge in [-0.2, -0.15) is 0 Å². The molecule has 0 N–H and O–H groups in total. The van der Waals surface area contributed by atoms with Crippen LogP contribution in [0.4, 0.5) is 0 Å². The van der Waals surface area contributed by atoms with E-state index in [0.717, 1.165) is 32.4 Å². The van der Waals surface area contributed by atoms with Crippen LogP contribution in [-0.4, -0.2) is 47.9 Å². The summed E-state index contributed by atoms with van der Waals surface area (Å²) in [5, 5.41) is 0. The second kappa shape index (κ2) is 6.46. The summed E-state index contributed by atoms with van der Waals surface area (Å²) in [5.74, 6) is 1.02. The van der Waals surface area contributed by atoms with Crippen LogP contribution < -0.4 is 0 Å². The zero-order chi connectivity index (χ0) is 14.8. The van der Waals surface area contributed by atoms with Crippen molar-refractivity contribution in [3.8, 4) is 0 Å². The number of hydrogen-bond acceptors (Lipinski definition) is 2. The minimum atomic E-state index is 0.406. The lowest BCUT2D eigenvalue weighted by molar-refractivity contribution is -0.134. The van der Waals surface area contributed by atoms with Crippen molar-refractivity contribution in [1.29, 1.82) is 0 Å². The zero-order valence-corrected chi connectivity index (χ0v) is 13.8. The lowest BCUT2D eigenvalue weighted by Gasteiger charge is -2.38. The third-order valence-corrected chi connectivity index (χ3v) is 5.31. The Kier molecular flexibility index (Phi) is 5.11. The van der Waals surface area contributed by atoms with Crippen LogP contribution >= 0.6 is 0 Å². The van der Waals surface area contributed by atoms with Gasteiger partial charge in [0, 0.05) is 25.6 Å². The highest BCUT2D eigenvalue weighted by atomic mass is 16.2. The lowest BCUT2D eigenvalue weighted by Crippen LogP contribution is -2.43. The van der Waals surface area contributed by atoms with Gasteiger partial charge in [-0.05, 0) is 64.0 Å². The SMILES string of the molecule is CC(C)N1CCC(CC(=O)N2CCC(C)(C)CC2)CC1. The highest BCUT2D eigenvalue weighted by molar-refractivity contribution is 5.76. The number of carbonyl (C=O) groups excluding carboxylic acids is 1. The second-order valence-corrected chi connectivity index (χ2v) is 7.82. The molecule has 0 aromatic rings. The zero-order valence-electron chi connectivity index (χ0n) is 13.8. The molecule has 2 saturated heterocycles. The van der Waals surface area contributed by atoms with Gasteiger partial charge >= 0.3 is 0 Å². The van der Waals surface area contributed by atoms with Crippen LogP contribution in [0.5, 0.6) is 0 Å². The fraction of sp³-hybridized carbons (Fsp3) is 0.941. The maximum Gasteiger partial charge on any atom is 0.222 e. The van der Waals surface area contributed by atoms with Crippen LogP contribution in [0.25, 0.3) is 0 Å². The molecule has 2 aliphatic heterocycles. The molecule has 3 nitrogen and oxygen atoms in total. The Labute approximate surface area is 124 Å². The van der Waals surface area contributed by atoms with E-state index in [4.69, 9.17) is 0 Å². The molecule has 0 aromatic carbocycles. The van der Waals surface area contributed by atoms with Gasteiger partial charge in [0.05, 0.1) is 0 Å². The van der Waals surface area contributed by atoms with E-state index in [-0.39, 0.29) is 0 Å².